The van der Waals surface area contributed by atoms with Crippen LogP contribution < -0.4 is 0 Å². The summed E-state index contributed by atoms with van der Waals surface area (Å²) in [6.07, 6.45) is 3.30. The third kappa shape index (κ3) is 7.35. The van der Waals surface area contributed by atoms with Gasteiger partial charge in [-0.1, -0.05) is 41.4 Å². The number of hydrogen-bond acceptors (Lipinski definition) is 4. The molecule has 0 aliphatic carbocycles. The summed E-state index contributed by atoms with van der Waals surface area (Å²) in [6, 6.07) is 14.6. The Hall–Kier alpha value is -1.47. The van der Waals surface area contributed by atoms with Crippen molar-refractivity contribution in [3.05, 3.63) is 91.8 Å². The van der Waals surface area contributed by atoms with E-state index < -0.39 is 0 Å². The number of aliphatic hydroxyl groups is 1. The van der Waals surface area contributed by atoms with Crippen LogP contribution in [0.2, 0.25) is 10.0 Å². The fourth-order valence-electron chi connectivity index (χ4n) is 6.13. The van der Waals surface area contributed by atoms with Crippen molar-refractivity contribution in [1.82, 2.24) is 9.80 Å². The molecule has 3 aromatic rings. The van der Waals surface area contributed by atoms with Gasteiger partial charge >= 0.3 is 0 Å². The highest BCUT2D eigenvalue weighted by Crippen LogP contribution is 2.37. The summed E-state index contributed by atoms with van der Waals surface area (Å²) < 4.78 is 13.2. The Morgan fingerprint density at radius 1 is 1.00 bits per heavy atom. The van der Waals surface area contributed by atoms with Crippen LogP contribution in [0.5, 0.6) is 0 Å². The van der Waals surface area contributed by atoms with Crippen LogP contribution in [0.3, 0.4) is 0 Å². The van der Waals surface area contributed by atoms with Crippen molar-refractivity contribution in [2.45, 2.75) is 44.2 Å². The van der Waals surface area contributed by atoms with Crippen molar-refractivity contribution in [2.75, 3.05) is 32.7 Å². The molecular weight excluding hydrogens is 526 g/mol. The molecule has 1 N–H and O–H groups in total. The first-order chi connectivity index (χ1) is 17.9. The Morgan fingerprint density at radius 3 is 2.49 bits per heavy atom. The Bertz CT molecular complexity index is 1130. The standard InChI is InChI=1S/C30H35Cl2FN2OS/c31-26-4-3-23(30(32)15-26)16-35-18-25(29(19-35)24-9-12-37-20-24)17-34-10-7-22(8-11-34)14-28(36)13-21-1-5-27(33)6-2-21/h1-6,9,12,15,20,22,25,28-29,36H,7-8,10-11,13-14,16-19H2. The summed E-state index contributed by atoms with van der Waals surface area (Å²) in [5.41, 5.74) is 3.59. The van der Waals surface area contributed by atoms with Crippen LogP contribution in [-0.4, -0.2) is 53.7 Å². The quantitative estimate of drug-likeness (QED) is 0.302. The van der Waals surface area contributed by atoms with E-state index in [1.165, 1.54) is 17.7 Å². The van der Waals surface area contributed by atoms with E-state index >= 15 is 0 Å². The zero-order valence-corrected chi connectivity index (χ0v) is 23.4. The van der Waals surface area contributed by atoms with Crippen LogP contribution in [0.4, 0.5) is 4.39 Å². The van der Waals surface area contributed by atoms with E-state index in [0.29, 0.717) is 29.2 Å². The van der Waals surface area contributed by atoms with Crippen molar-refractivity contribution in [3.63, 3.8) is 0 Å². The van der Waals surface area contributed by atoms with Crippen molar-refractivity contribution < 1.29 is 9.50 Å². The van der Waals surface area contributed by atoms with Crippen molar-refractivity contribution >= 4 is 34.5 Å². The normalized spacial score (nSPS) is 22.5. The van der Waals surface area contributed by atoms with Gasteiger partial charge in [0.2, 0.25) is 0 Å². The largest absolute Gasteiger partial charge is 0.393 e. The zero-order chi connectivity index (χ0) is 25.8. The number of piperidine rings is 1. The lowest BCUT2D eigenvalue weighted by Crippen LogP contribution is -2.39. The minimum Gasteiger partial charge on any atom is -0.393 e. The lowest BCUT2D eigenvalue weighted by molar-refractivity contribution is 0.101. The second-order valence-corrected chi connectivity index (χ2v) is 12.4. The number of thiophene rings is 1. The van der Waals surface area contributed by atoms with Gasteiger partial charge in [-0.3, -0.25) is 4.90 Å². The monoisotopic (exact) mass is 560 g/mol. The smallest absolute Gasteiger partial charge is 0.123 e. The van der Waals surface area contributed by atoms with Gasteiger partial charge in [0, 0.05) is 42.1 Å². The van der Waals surface area contributed by atoms with E-state index in [0.717, 1.165) is 74.7 Å². The van der Waals surface area contributed by atoms with Gasteiger partial charge < -0.3 is 10.0 Å². The van der Waals surface area contributed by atoms with Gasteiger partial charge in [-0.25, -0.2) is 4.39 Å². The molecule has 3 nitrogen and oxygen atoms in total. The highest BCUT2D eigenvalue weighted by atomic mass is 35.5. The number of nitrogens with zero attached hydrogens (tertiary/aromatic N) is 2. The van der Waals surface area contributed by atoms with E-state index in [2.05, 4.69) is 26.6 Å². The number of hydrogen-bond donors (Lipinski definition) is 1. The lowest BCUT2D eigenvalue weighted by Gasteiger charge is -2.35. The molecule has 3 unspecified atom stereocenters. The predicted molar refractivity (Wildman–Crippen MR) is 152 cm³/mol. The third-order valence-corrected chi connectivity index (χ3v) is 9.38. The van der Waals surface area contributed by atoms with Gasteiger partial charge in [0.25, 0.3) is 0 Å². The fourth-order valence-corrected chi connectivity index (χ4v) is 7.32. The minimum atomic E-state index is -0.368. The molecule has 2 aromatic carbocycles. The van der Waals surface area contributed by atoms with Crippen LogP contribution in [0.1, 0.15) is 41.9 Å². The van der Waals surface area contributed by atoms with E-state index in [1.54, 1.807) is 23.5 Å². The average Bonchev–Trinajstić information content (AvgIpc) is 3.54. The number of rotatable bonds is 9. The van der Waals surface area contributed by atoms with Crippen LogP contribution in [0.15, 0.2) is 59.3 Å². The maximum Gasteiger partial charge on any atom is 0.123 e. The highest BCUT2D eigenvalue weighted by molar-refractivity contribution is 7.08. The van der Waals surface area contributed by atoms with Crippen LogP contribution in [0, 0.1) is 17.7 Å². The second kappa shape index (κ2) is 12.6. The molecule has 3 atom stereocenters. The highest BCUT2D eigenvalue weighted by Gasteiger charge is 2.36. The van der Waals surface area contributed by atoms with Gasteiger partial charge in [-0.2, -0.15) is 11.3 Å². The topological polar surface area (TPSA) is 26.7 Å². The molecular formula is C30H35Cl2FN2OS. The van der Waals surface area contributed by atoms with Crippen molar-refractivity contribution in [1.29, 1.82) is 0 Å². The van der Waals surface area contributed by atoms with Gasteiger partial charge in [-0.05, 0) is 108 Å². The summed E-state index contributed by atoms with van der Waals surface area (Å²) in [6.45, 7) is 6.24. The van der Waals surface area contributed by atoms with Gasteiger partial charge in [0.15, 0.2) is 0 Å². The number of aliphatic hydroxyl groups excluding tert-OH is 1. The predicted octanol–water partition coefficient (Wildman–Crippen LogP) is 7.12. The SMILES string of the molecule is OC(Cc1ccc(F)cc1)CC1CCN(CC2CN(Cc3ccc(Cl)cc3Cl)CC2c2ccsc2)CC1. The molecule has 2 aliphatic heterocycles. The minimum absolute atomic E-state index is 0.231. The first-order valence-electron chi connectivity index (χ1n) is 13.3. The number of halogens is 3. The van der Waals surface area contributed by atoms with Crippen LogP contribution in [0.25, 0.3) is 0 Å². The molecule has 2 fully saturated rings. The van der Waals surface area contributed by atoms with E-state index in [1.807, 2.05) is 18.2 Å². The number of likely N-dealkylation sites (tertiary alicyclic amines) is 2. The maximum atomic E-state index is 13.2. The molecule has 0 saturated carbocycles. The van der Waals surface area contributed by atoms with E-state index in [9.17, 15) is 9.50 Å². The molecule has 2 aliphatic rings. The molecule has 0 spiro atoms. The van der Waals surface area contributed by atoms with Crippen LogP contribution >= 0.6 is 34.5 Å². The number of benzene rings is 2. The van der Waals surface area contributed by atoms with E-state index in [4.69, 9.17) is 23.2 Å². The summed E-state index contributed by atoms with van der Waals surface area (Å²) in [4.78, 5) is 5.17. The Labute approximate surface area is 233 Å². The van der Waals surface area contributed by atoms with E-state index in [-0.39, 0.29) is 11.9 Å². The molecule has 1 aromatic heterocycles. The van der Waals surface area contributed by atoms with Crippen molar-refractivity contribution in [3.8, 4) is 0 Å². The van der Waals surface area contributed by atoms with Crippen LogP contribution in [-0.2, 0) is 13.0 Å². The zero-order valence-electron chi connectivity index (χ0n) is 21.0. The molecule has 198 valence electrons. The Morgan fingerprint density at radius 2 is 1.78 bits per heavy atom. The molecule has 37 heavy (non-hydrogen) atoms. The fraction of sp³-hybridized carbons (Fsp3) is 0.467. The van der Waals surface area contributed by atoms with Gasteiger partial charge in [0.1, 0.15) is 5.82 Å². The summed E-state index contributed by atoms with van der Waals surface area (Å²) in [5.74, 6) is 1.44. The average molecular weight is 562 g/mol. The lowest BCUT2D eigenvalue weighted by atomic mass is 9.87. The Kier molecular flexibility index (Phi) is 9.22. The summed E-state index contributed by atoms with van der Waals surface area (Å²) >= 11 is 14.4. The maximum absolute atomic E-state index is 13.2. The first kappa shape index (κ1) is 27.1. The summed E-state index contributed by atoms with van der Waals surface area (Å²) in [5, 5.41) is 16.5. The molecule has 0 amide bonds. The molecule has 7 heteroatoms. The molecule has 2 saturated heterocycles. The molecule has 0 radical (unpaired) electrons. The third-order valence-electron chi connectivity index (χ3n) is 8.09. The molecule has 3 heterocycles. The molecule has 0 bridgehead atoms. The molecule has 5 rings (SSSR count). The summed E-state index contributed by atoms with van der Waals surface area (Å²) in [7, 11) is 0. The second-order valence-electron chi connectivity index (χ2n) is 10.8. The van der Waals surface area contributed by atoms with Gasteiger partial charge in [0.05, 0.1) is 6.10 Å². The Balaban J connectivity index is 1.14. The first-order valence-corrected chi connectivity index (χ1v) is 15.0. The van der Waals surface area contributed by atoms with Gasteiger partial charge in [-0.15, -0.1) is 0 Å². The van der Waals surface area contributed by atoms with Crippen molar-refractivity contribution in [2.24, 2.45) is 11.8 Å².